The predicted molar refractivity (Wildman–Crippen MR) is 102 cm³/mol. The monoisotopic (exact) mass is 402 g/mol. The third kappa shape index (κ3) is 4.98. The third-order valence-corrected chi connectivity index (χ3v) is 4.25. The van der Waals surface area contributed by atoms with E-state index in [1.54, 1.807) is 30.3 Å². The van der Waals surface area contributed by atoms with Crippen molar-refractivity contribution in [3.63, 3.8) is 0 Å². The van der Waals surface area contributed by atoms with Gasteiger partial charge in [0.2, 0.25) is 0 Å². The standard InChI is InChI=1S/C16H13Cl3N2O2S/c1-23-15(22)12-7-11(4-5-13(12)18)21-16(24)20-8-9-2-3-10(17)6-14(9)19/h2-7H,8H2,1H3,(H2,20,21,24). The van der Waals surface area contributed by atoms with E-state index in [2.05, 4.69) is 15.4 Å². The summed E-state index contributed by atoms with van der Waals surface area (Å²) in [5.41, 5.74) is 1.73. The Labute approximate surface area is 160 Å². The lowest BCUT2D eigenvalue weighted by Crippen LogP contribution is -2.28. The molecule has 0 aliphatic rings. The summed E-state index contributed by atoms with van der Waals surface area (Å²) in [6, 6.07) is 10.1. The average molecular weight is 404 g/mol. The molecule has 8 heteroatoms. The van der Waals surface area contributed by atoms with E-state index in [4.69, 9.17) is 47.0 Å². The molecule has 0 saturated heterocycles. The van der Waals surface area contributed by atoms with Crippen LogP contribution in [0, 0.1) is 0 Å². The zero-order valence-electron chi connectivity index (χ0n) is 12.5. The Morgan fingerprint density at radius 2 is 1.88 bits per heavy atom. The molecule has 0 spiro atoms. The fraction of sp³-hybridized carbons (Fsp3) is 0.125. The summed E-state index contributed by atoms with van der Waals surface area (Å²) in [4.78, 5) is 11.6. The summed E-state index contributed by atoms with van der Waals surface area (Å²) in [7, 11) is 1.29. The number of benzene rings is 2. The molecule has 0 atom stereocenters. The van der Waals surface area contributed by atoms with Crippen LogP contribution in [-0.4, -0.2) is 18.2 Å². The van der Waals surface area contributed by atoms with Crippen LogP contribution in [0.4, 0.5) is 5.69 Å². The molecule has 0 aromatic heterocycles. The van der Waals surface area contributed by atoms with Crippen LogP contribution in [0.5, 0.6) is 0 Å². The maximum atomic E-state index is 11.6. The molecule has 0 aliphatic heterocycles. The molecule has 4 nitrogen and oxygen atoms in total. The fourth-order valence-corrected chi connectivity index (χ4v) is 2.75. The number of hydrogen-bond donors (Lipinski definition) is 2. The molecule has 0 heterocycles. The third-order valence-electron chi connectivity index (χ3n) is 3.08. The minimum atomic E-state index is -0.518. The van der Waals surface area contributed by atoms with Crippen molar-refractivity contribution in [2.45, 2.75) is 6.54 Å². The van der Waals surface area contributed by atoms with Crippen molar-refractivity contribution < 1.29 is 9.53 Å². The summed E-state index contributed by atoms with van der Waals surface area (Å²) in [5.74, 6) is -0.518. The smallest absolute Gasteiger partial charge is 0.339 e. The molecule has 126 valence electrons. The SMILES string of the molecule is COC(=O)c1cc(NC(=S)NCc2ccc(Cl)cc2Cl)ccc1Cl. The first-order valence-corrected chi connectivity index (χ1v) is 8.31. The molecule has 0 unspecified atom stereocenters. The molecule has 2 rings (SSSR count). The quantitative estimate of drug-likeness (QED) is 0.560. The first-order chi connectivity index (χ1) is 11.4. The van der Waals surface area contributed by atoms with Gasteiger partial charge in [-0.3, -0.25) is 0 Å². The summed E-state index contributed by atoms with van der Waals surface area (Å²) in [6.07, 6.45) is 0. The second-order valence-electron chi connectivity index (χ2n) is 4.73. The van der Waals surface area contributed by atoms with E-state index in [9.17, 15) is 4.79 Å². The number of carbonyl (C=O) groups excluding carboxylic acids is 1. The maximum absolute atomic E-state index is 11.6. The van der Waals surface area contributed by atoms with Crippen LogP contribution in [0.2, 0.25) is 15.1 Å². The van der Waals surface area contributed by atoms with Gasteiger partial charge in [0.15, 0.2) is 5.11 Å². The van der Waals surface area contributed by atoms with Gasteiger partial charge in [0.25, 0.3) is 0 Å². The molecular weight excluding hydrogens is 391 g/mol. The summed E-state index contributed by atoms with van der Waals surface area (Å²) < 4.78 is 4.68. The molecule has 2 aromatic carbocycles. The van der Waals surface area contributed by atoms with Crippen LogP contribution >= 0.6 is 47.0 Å². The predicted octanol–water partition coefficient (Wildman–Crippen LogP) is 4.92. The highest BCUT2D eigenvalue weighted by Crippen LogP contribution is 2.22. The van der Waals surface area contributed by atoms with Crippen LogP contribution in [-0.2, 0) is 11.3 Å². The number of rotatable bonds is 4. The highest BCUT2D eigenvalue weighted by Gasteiger charge is 2.12. The van der Waals surface area contributed by atoms with Crippen LogP contribution in [0.15, 0.2) is 36.4 Å². The summed E-state index contributed by atoms with van der Waals surface area (Å²) >= 11 is 23.2. The van der Waals surface area contributed by atoms with Crippen molar-refractivity contribution in [1.29, 1.82) is 0 Å². The van der Waals surface area contributed by atoms with Crippen molar-refractivity contribution in [2.75, 3.05) is 12.4 Å². The Hall–Kier alpha value is -1.53. The van der Waals surface area contributed by atoms with Crippen molar-refractivity contribution in [3.8, 4) is 0 Å². The minimum absolute atomic E-state index is 0.257. The van der Waals surface area contributed by atoms with Crippen molar-refractivity contribution >= 4 is 63.8 Å². The number of halogens is 3. The van der Waals surface area contributed by atoms with Gasteiger partial charge in [0.1, 0.15) is 0 Å². The summed E-state index contributed by atoms with van der Waals surface area (Å²) in [6.45, 7) is 0.430. The number of carbonyl (C=O) groups is 1. The Kier molecular flexibility index (Phi) is 6.69. The Morgan fingerprint density at radius 3 is 2.54 bits per heavy atom. The Balaban J connectivity index is 2.01. The lowest BCUT2D eigenvalue weighted by atomic mass is 10.2. The van der Waals surface area contributed by atoms with Crippen LogP contribution in [0.1, 0.15) is 15.9 Å². The molecule has 2 aromatic rings. The van der Waals surface area contributed by atoms with Crippen molar-refractivity contribution in [1.82, 2.24) is 5.32 Å². The van der Waals surface area contributed by atoms with Crippen molar-refractivity contribution in [2.24, 2.45) is 0 Å². The molecule has 0 saturated carbocycles. The molecule has 0 fully saturated rings. The zero-order chi connectivity index (χ0) is 17.7. The highest BCUT2D eigenvalue weighted by molar-refractivity contribution is 7.80. The first-order valence-electron chi connectivity index (χ1n) is 6.77. The van der Waals surface area contributed by atoms with Crippen LogP contribution in [0.25, 0.3) is 0 Å². The molecule has 24 heavy (non-hydrogen) atoms. The second-order valence-corrected chi connectivity index (χ2v) is 6.39. The number of anilines is 1. The van der Waals surface area contributed by atoms with Gasteiger partial charge < -0.3 is 15.4 Å². The van der Waals surface area contributed by atoms with Gasteiger partial charge in [-0.15, -0.1) is 0 Å². The zero-order valence-corrected chi connectivity index (χ0v) is 15.6. The maximum Gasteiger partial charge on any atom is 0.339 e. The number of ether oxygens (including phenoxy) is 1. The van der Waals surface area contributed by atoms with Crippen LogP contribution in [0.3, 0.4) is 0 Å². The average Bonchev–Trinajstić information content (AvgIpc) is 2.55. The number of methoxy groups -OCH3 is 1. The van der Waals surface area contributed by atoms with Gasteiger partial charge in [-0.05, 0) is 48.1 Å². The molecule has 0 aliphatic carbocycles. The topological polar surface area (TPSA) is 50.4 Å². The van der Waals surface area contributed by atoms with Gasteiger partial charge in [0, 0.05) is 22.3 Å². The van der Waals surface area contributed by atoms with Crippen molar-refractivity contribution in [3.05, 3.63) is 62.6 Å². The highest BCUT2D eigenvalue weighted by atomic mass is 35.5. The Morgan fingerprint density at radius 1 is 1.12 bits per heavy atom. The number of hydrogen-bond acceptors (Lipinski definition) is 3. The summed E-state index contributed by atoms with van der Waals surface area (Å²) in [5, 5.41) is 7.81. The molecule has 0 radical (unpaired) electrons. The normalized spacial score (nSPS) is 10.2. The van der Waals surface area contributed by atoms with Gasteiger partial charge >= 0.3 is 5.97 Å². The van der Waals surface area contributed by atoms with Gasteiger partial charge in [-0.25, -0.2) is 4.79 Å². The van der Waals surface area contributed by atoms with E-state index in [1.165, 1.54) is 7.11 Å². The Bertz CT molecular complexity index is 784. The number of esters is 1. The van der Waals surface area contributed by atoms with Gasteiger partial charge in [-0.1, -0.05) is 40.9 Å². The van der Waals surface area contributed by atoms with E-state index in [1.807, 2.05) is 6.07 Å². The molecule has 0 bridgehead atoms. The van der Waals surface area contributed by atoms with E-state index in [0.717, 1.165) is 5.56 Å². The number of thiocarbonyl (C=S) groups is 1. The van der Waals surface area contributed by atoms with E-state index in [-0.39, 0.29) is 5.56 Å². The largest absolute Gasteiger partial charge is 0.465 e. The van der Waals surface area contributed by atoms with E-state index < -0.39 is 5.97 Å². The molecule has 0 amide bonds. The first kappa shape index (κ1) is 18.8. The van der Waals surface area contributed by atoms with Gasteiger partial charge in [-0.2, -0.15) is 0 Å². The van der Waals surface area contributed by atoms with Crippen LogP contribution < -0.4 is 10.6 Å². The minimum Gasteiger partial charge on any atom is -0.465 e. The molecule has 2 N–H and O–H groups in total. The number of nitrogens with one attached hydrogen (secondary N) is 2. The lowest BCUT2D eigenvalue weighted by Gasteiger charge is -2.12. The fourth-order valence-electron chi connectivity index (χ4n) is 1.89. The van der Waals surface area contributed by atoms with Gasteiger partial charge in [0.05, 0.1) is 17.7 Å². The van der Waals surface area contributed by atoms with E-state index in [0.29, 0.717) is 32.4 Å². The van der Waals surface area contributed by atoms with E-state index >= 15 is 0 Å². The molecular formula is C16H13Cl3N2O2S. The second kappa shape index (κ2) is 8.53. The lowest BCUT2D eigenvalue weighted by molar-refractivity contribution is 0.0601.